The third kappa shape index (κ3) is 9.73. The molecule has 2 rings (SSSR count). The molecule has 1 heteroatoms. The maximum Gasteiger partial charge on any atom is 0.119 e. The van der Waals surface area contributed by atoms with Crippen LogP contribution >= 0.6 is 0 Å². The Bertz CT molecular complexity index is 849. The lowest BCUT2D eigenvalue weighted by Crippen LogP contribution is -1.94. The number of aryl methyl sites for hydroxylation is 1. The maximum absolute atomic E-state index is 5.57. The number of hydrogen-bond acceptors (Lipinski definition) is 1. The fraction of sp³-hybridized carbons (Fsp3) is 0.357. The first-order valence-electron chi connectivity index (χ1n) is 10.8. The highest BCUT2D eigenvalue weighted by Crippen LogP contribution is 2.12. The molecule has 0 fully saturated rings. The van der Waals surface area contributed by atoms with Crippen molar-refractivity contribution in [1.29, 1.82) is 0 Å². The van der Waals surface area contributed by atoms with Gasteiger partial charge in [-0.3, -0.25) is 0 Å². The number of rotatable bonds is 9. The Morgan fingerprint density at radius 1 is 0.690 bits per heavy atom. The number of ether oxygens (including phenoxy) is 1. The summed E-state index contributed by atoms with van der Waals surface area (Å²) >= 11 is 0. The van der Waals surface area contributed by atoms with Gasteiger partial charge in [0.2, 0.25) is 0 Å². The highest BCUT2D eigenvalue weighted by atomic mass is 16.5. The Balaban J connectivity index is 1.76. The van der Waals surface area contributed by atoms with Crippen LogP contribution in [0.15, 0.2) is 60.7 Å². The molecule has 0 spiro atoms. The molecule has 0 N–H and O–H groups in total. The van der Waals surface area contributed by atoms with E-state index in [2.05, 4.69) is 61.8 Å². The van der Waals surface area contributed by atoms with Crippen molar-refractivity contribution in [3.05, 3.63) is 77.4 Å². The lowest BCUT2D eigenvalue weighted by molar-refractivity contribution is 0.317. The van der Waals surface area contributed by atoms with Gasteiger partial charge in [-0.1, -0.05) is 75.3 Å². The molecule has 150 valence electrons. The predicted octanol–water partition coefficient (Wildman–Crippen LogP) is 6.95. The van der Waals surface area contributed by atoms with Gasteiger partial charge in [0.15, 0.2) is 0 Å². The van der Waals surface area contributed by atoms with Gasteiger partial charge in [-0.05, 0) is 73.4 Å². The van der Waals surface area contributed by atoms with E-state index >= 15 is 0 Å². The zero-order valence-corrected chi connectivity index (χ0v) is 17.8. The monoisotopic (exact) mass is 384 g/mol. The minimum atomic E-state index is 0.744. The molecule has 0 atom stereocenters. The van der Waals surface area contributed by atoms with Crippen molar-refractivity contribution in [2.45, 2.75) is 58.8 Å². The highest BCUT2D eigenvalue weighted by molar-refractivity contribution is 5.42. The van der Waals surface area contributed by atoms with Gasteiger partial charge in [0.05, 0.1) is 6.61 Å². The Hall–Kier alpha value is -2.90. The molecule has 0 saturated carbocycles. The van der Waals surface area contributed by atoms with E-state index in [0.717, 1.165) is 29.9 Å². The van der Waals surface area contributed by atoms with E-state index in [9.17, 15) is 0 Å². The summed E-state index contributed by atoms with van der Waals surface area (Å²) in [6.07, 6.45) is 12.4. The average Bonchev–Trinajstić information content (AvgIpc) is 2.76. The lowest BCUT2D eigenvalue weighted by atomic mass is 10.0. The molecule has 0 aliphatic heterocycles. The van der Waals surface area contributed by atoms with Crippen LogP contribution in [0, 0.1) is 23.7 Å². The summed E-state index contributed by atoms with van der Waals surface area (Å²) < 4.78 is 5.57. The third-order valence-corrected chi connectivity index (χ3v) is 4.53. The Labute approximate surface area is 177 Å². The van der Waals surface area contributed by atoms with Crippen LogP contribution in [0.4, 0.5) is 0 Å². The SMILES string of the molecule is CCCCCCCc1ccc(C#C/C=C/C#Cc2ccc(OCCC)cc2)cc1. The zero-order chi connectivity index (χ0) is 20.6. The van der Waals surface area contributed by atoms with Crippen LogP contribution in [0.2, 0.25) is 0 Å². The van der Waals surface area contributed by atoms with Crippen LogP contribution in [0.5, 0.6) is 5.75 Å². The summed E-state index contributed by atoms with van der Waals surface area (Å²) in [5.41, 5.74) is 3.41. The van der Waals surface area contributed by atoms with Gasteiger partial charge < -0.3 is 4.74 Å². The Kier molecular flexibility index (Phi) is 10.9. The zero-order valence-electron chi connectivity index (χ0n) is 17.8. The van der Waals surface area contributed by atoms with Crippen molar-refractivity contribution in [3.8, 4) is 29.4 Å². The molecule has 0 bridgehead atoms. The molecule has 0 amide bonds. The van der Waals surface area contributed by atoms with Crippen molar-refractivity contribution < 1.29 is 4.74 Å². The second-order valence-corrected chi connectivity index (χ2v) is 7.11. The van der Waals surface area contributed by atoms with E-state index in [0.29, 0.717) is 0 Å². The molecule has 0 unspecified atom stereocenters. The van der Waals surface area contributed by atoms with Gasteiger partial charge in [-0.25, -0.2) is 0 Å². The van der Waals surface area contributed by atoms with Crippen LogP contribution in [0.3, 0.4) is 0 Å². The van der Waals surface area contributed by atoms with Crippen molar-refractivity contribution in [2.75, 3.05) is 6.61 Å². The smallest absolute Gasteiger partial charge is 0.119 e. The second kappa shape index (κ2) is 14.1. The number of allylic oxidation sites excluding steroid dienone is 2. The summed E-state index contributed by atoms with van der Waals surface area (Å²) in [5.74, 6) is 13.2. The first-order valence-corrected chi connectivity index (χ1v) is 10.8. The first-order chi connectivity index (χ1) is 14.3. The van der Waals surface area contributed by atoms with Gasteiger partial charge in [0.1, 0.15) is 5.75 Å². The van der Waals surface area contributed by atoms with Crippen LogP contribution < -0.4 is 4.74 Å². The summed E-state index contributed by atoms with van der Waals surface area (Å²) in [7, 11) is 0. The quantitative estimate of drug-likeness (QED) is 0.336. The van der Waals surface area contributed by atoms with Crippen LogP contribution in [-0.4, -0.2) is 6.61 Å². The van der Waals surface area contributed by atoms with Gasteiger partial charge >= 0.3 is 0 Å². The van der Waals surface area contributed by atoms with Gasteiger partial charge in [0.25, 0.3) is 0 Å². The van der Waals surface area contributed by atoms with E-state index in [1.54, 1.807) is 12.2 Å². The van der Waals surface area contributed by atoms with Crippen LogP contribution in [-0.2, 0) is 6.42 Å². The molecule has 2 aromatic carbocycles. The molecular formula is C28H32O. The minimum Gasteiger partial charge on any atom is -0.494 e. The summed E-state index contributed by atoms with van der Waals surface area (Å²) in [4.78, 5) is 0. The summed E-state index contributed by atoms with van der Waals surface area (Å²) in [5, 5.41) is 0. The fourth-order valence-corrected chi connectivity index (χ4v) is 2.88. The molecule has 1 nitrogen and oxygen atoms in total. The van der Waals surface area contributed by atoms with Crippen molar-refractivity contribution in [3.63, 3.8) is 0 Å². The van der Waals surface area contributed by atoms with Crippen LogP contribution in [0.1, 0.15) is 69.1 Å². The predicted molar refractivity (Wildman–Crippen MR) is 124 cm³/mol. The molecule has 0 aliphatic rings. The van der Waals surface area contributed by atoms with E-state index in [1.807, 2.05) is 24.3 Å². The molecule has 0 aromatic heterocycles. The molecule has 2 aromatic rings. The first kappa shape index (κ1) is 22.4. The molecule has 0 saturated heterocycles. The average molecular weight is 385 g/mol. The van der Waals surface area contributed by atoms with Gasteiger partial charge in [-0.2, -0.15) is 0 Å². The van der Waals surface area contributed by atoms with Crippen molar-refractivity contribution in [1.82, 2.24) is 0 Å². The third-order valence-electron chi connectivity index (χ3n) is 4.53. The summed E-state index contributed by atoms with van der Waals surface area (Å²) in [6.45, 7) is 5.10. The number of benzene rings is 2. The van der Waals surface area contributed by atoms with Crippen molar-refractivity contribution >= 4 is 0 Å². The molecule has 0 aliphatic carbocycles. The summed E-state index contributed by atoms with van der Waals surface area (Å²) in [6, 6.07) is 16.5. The van der Waals surface area contributed by atoms with Crippen molar-refractivity contribution in [2.24, 2.45) is 0 Å². The minimum absolute atomic E-state index is 0.744. The number of unbranched alkanes of at least 4 members (excludes halogenated alkanes) is 4. The van der Waals surface area contributed by atoms with Crippen LogP contribution in [0.25, 0.3) is 0 Å². The maximum atomic E-state index is 5.57. The van der Waals surface area contributed by atoms with E-state index in [-0.39, 0.29) is 0 Å². The van der Waals surface area contributed by atoms with E-state index in [4.69, 9.17) is 4.74 Å². The highest BCUT2D eigenvalue weighted by Gasteiger charge is 1.94. The molecule has 0 heterocycles. The topological polar surface area (TPSA) is 9.23 Å². The number of hydrogen-bond donors (Lipinski definition) is 0. The normalized spacial score (nSPS) is 10.1. The second-order valence-electron chi connectivity index (χ2n) is 7.11. The van der Waals surface area contributed by atoms with E-state index in [1.165, 1.54) is 44.1 Å². The van der Waals surface area contributed by atoms with E-state index < -0.39 is 0 Å². The van der Waals surface area contributed by atoms with Gasteiger partial charge in [0, 0.05) is 11.1 Å². The van der Waals surface area contributed by atoms with Gasteiger partial charge in [-0.15, -0.1) is 0 Å². The Morgan fingerprint density at radius 3 is 1.86 bits per heavy atom. The standard InChI is InChI=1S/C28H32O/c1-3-5-6-7-10-13-25-16-18-26(19-17-25)14-11-8-9-12-15-27-20-22-28(23-21-27)29-24-4-2/h8-9,16-23H,3-7,10,13,24H2,1-2H3/b9-8+. The fourth-order valence-electron chi connectivity index (χ4n) is 2.88. The lowest BCUT2D eigenvalue weighted by Gasteiger charge is -2.03. The largest absolute Gasteiger partial charge is 0.494 e. The molecule has 0 radical (unpaired) electrons. The molecule has 29 heavy (non-hydrogen) atoms. The molecular weight excluding hydrogens is 352 g/mol. The Morgan fingerprint density at radius 2 is 1.28 bits per heavy atom.